The number of ether oxygens (including phenoxy) is 1. The third-order valence-corrected chi connectivity index (χ3v) is 6.77. The molecule has 34 heavy (non-hydrogen) atoms. The Labute approximate surface area is 202 Å². The highest BCUT2D eigenvalue weighted by Gasteiger charge is 2.33. The lowest BCUT2D eigenvalue weighted by molar-refractivity contribution is -0.121. The first-order valence-corrected chi connectivity index (χ1v) is 11.8. The number of fused-ring (bicyclic) bond motifs is 1. The number of carbonyl (C=O) groups excluding carboxylic acids is 2. The van der Waals surface area contributed by atoms with Crippen molar-refractivity contribution in [2.75, 3.05) is 18.4 Å². The van der Waals surface area contributed by atoms with Gasteiger partial charge in [0.05, 0.1) is 18.8 Å². The van der Waals surface area contributed by atoms with Crippen LogP contribution in [-0.2, 0) is 22.7 Å². The van der Waals surface area contributed by atoms with E-state index in [4.69, 9.17) is 16.3 Å². The van der Waals surface area contributed by atoms with Crippen LogP contribution in [0.25, 0.3) is 0 Å². The molecule has 1 unspecified atom stereocenters. The zero-order valence-corrected chi connectivity index (χ0v) is 19.7. The number of carbonyl (C=O) groups is 2. The van der Waals surface area contributed by atoms with Crippen LogP contribution in [0.4, 0.5) is 5.69 Å². The summed E-state index contributed by atoms with van der Waals surface area (Å²) in [6.07, 6.45) is 1.08. The van der Waals surface area contributed by atoms with Crippen molar-refractivity contribution in [3.8, 4) is 0 Å². The van der Waals surface area contributed by atoms with Gasteiger partial charge in [-0.15, -0.1) is 5.10 Å². The Morgan fingerprint density at radius 3 is 2.47 bits per heavy atom. The first-order valence-electron chi connectivity index (χ1n) is 11.4. The summed E-state index contributed by atoms with van der Waals surface area (Å²) in [4.78, 5) is 27.5. The van der Waals surface area contributed by atoms with E-state index in [1.165, 1.54) is 5.56 Å². The van der Waals surface area contributed by atoms with Crippen LogP contribution < -0.4 is 5.32 Å². The molecule has 3 heterocycles. The smallest absolute Gasteiger partial charge is 0.276 e. The Kier molecular flexibility index (Phi) is 6.34. The van der Waals surface area contributed by atoms with Crippen LogP contribution in [0.1, 0.15) is 46.3 Å². The summed E-state index contributed by atoms with van der Waals surface area (Å²) >= 11 is 5.90. The summed E-state index contributed by atoms with van der Waals surface area (Å²) in [5.74, 6) is -0.339. The van der Waals surface area contributed by atoms with Gasteiger partial charge in [-0.05, 0) is 49.6 Å². The third-order valence-electron chi connectivity index (χ3n) is 6.51. The molecule has 1 aromatic heterocycles. The third kappa shape index (κ3) is 4.69. The second kappa shape index (κ2) is 9.56. The molecule has 176 valence electrons. The van der Waals surface area contributed by atoms with Crippen molar-refractivity contribution in [2.45, 2.75) is 39.0 Å². The molecule has 2 aliphatic heterocycles. The summed E-state index contributed by atoms with van der Waals surface area (Å²) in [7, 11) is 0. The number of hydrogen-bond donors (Lipinski definition) is 1. The highest BCUT2D eigenvalue weighted by Crippen LogP contribution is 2.28. The summed E-state index contributed by atoms with van der Waals surface area (Å²) in [6.45, 7) is 3.85. The zero-order valence-electron chi connectivity index (χ0n) is 18.9. The predicted octanol–water partition coefficient (Wildman–Crippen LogP) is 4.00. The fraction of sp³-hybridized carbons (Fsp3) is 0.360. The number of aryl methyl sites for hydroxylation is 1. The number of amides is 2. The van der Waals surface area contributed by atoms with E-state index in [1.54, 1.807) is 33.8 Å². The number of rotatable bonds is 4. The van der Waals surface area contributed by atoms with Crippen molar-refractivity contribution in [2.24, 2.45) is 5.92 Å². The Bertz CT molecular complexity index is 1180. The molecule has 2 aromatic carbocycles. The van der Waals surface area contributed by atoms with Crippen LogP contribution in [0.2, 0.25) is 5.02 Å². The molecule has 0 spiro atoms. The number of piperidine rings is 1. The molecular weight excluding hydrogens is 454 g/mol. The molecule has 0 radical (unpaired) electrons. The fourth-order valence-corrected chi connectivity index (χ4v) is 4.56. The van der Waals surface area contributed by atoms with Crippen molar-refractivity contribution in [3.05, 3.63) is 76.1 Å². The number of likely N-dealkylation sites (tertiary alicyclic amines) is 1. The van der Waals surface area contributed by atoms with Gasteiger partial charge >= 0.3 is 0 Å². The van der Waals surface area contributed by atoms with Crippen molar-refractivity contribution < 1.29 is 14.3 Å². The van der Waals surface area contributed by atoms with Crippen LogP contribution in [0.5, 0.6) is 0 Å². The summed E-state index contributed by atoms with van der Waals surface area (Å²) < 4.78 is 7.82. The van der Waals surface area contributed by atoms with E-state index < -0.39 is 0 Å². The van der Waals surface area contributed by atoms with Crippen molar-refractivity contribution >= 4 is 29.1 Å². The fourth-order valence-electron chi connectivity index (χ4n) is 4.43. The minimum absolute atomic E-state index is 0.0361. The first-order chi connectivity index (χ1) is 16.5. The Morgan fingerprint density at radius 1 is 1.06 bits per heavy atom. The number of halogens is 1. The Morgan fingerprint density at radius 2 is 1.76 bits per heavy atom. The molecule has 0 aliphatic carbocycles. The Balaban J connectivity index is 1.18. The number of hydrogen-bond acceptors (Lipinski definition) is 5. The molecule has 0 saturated carbocycles. The number of aromatic nitrogens is 3. The maximum Gasteiger partial charge on any atom is 0.276 e. The maximum atomic E-state index is 13.2. The van der Waals surface area contributed by atoms with E-state index in [0.717, 1.165) is 5.56 Å². The SMILES string of the molecule is Cc1ccc(C2Cn3nnc(C(=O)N4CCC(C(=O)Nc5ccc(Cl)cc5)CC4)c3CO2)cc1. The number of benzene rings is 2. The summed E-state index contributed by atoms with van der Waals surface area (Å²) in [5, 5.41) is 12.0. The molecule has 8 nitrogen and oxygen atoms in total. The molecule has 2 amide bonds. The van der Waals surface area contributed by atoms with Crippen molar-refractivity contribution in [1.29, 1.82) is 0 Å². The van der Waals surface area contributed by atoms with E-state index >= 15 is 0 Å². The predicted molar refractivity (Wildman–Crippen MR) is 127 cm³/mol. The lowest BCUT2D eigenvalue weighted by atomic mass is 9.95. The van der Waals surface area contributed by atoms with E-state index in [1.807, 2.05) is 6.92 Å². The van der Waals surface area contributed by atoms with Crippen LogP contribution >= 0.6 is 11.6 Å². The van der Waals surface area contributed by atoms with Gasteiger partial charge in [0, 0.05) is 29.7 Å². The summed E-state index contributed by atoms with van der Waals surface area (Å²) in [6, 6.07) is 15.3. The van der Waals surface area contributed by atoms with Crippen LogP contribution in [0, 0.1) is 12.8 Å². The second-order valence-corrected chi connectivity index (χ2v) is 9.28. The molecule has 0 bridgehead atoms. The molecule has 5 rings (SSSR count). The van der Waals surface area contributed by atoms with E-state index in [0.29, 0.717) is 54.6 Å². The minimum atomic E-state index is -0.157. The molecule has 9 heteroatoms. The van der Waals surface area contributed by atoms with Gasteiger partial charge in [-0.2, -0.15) is 0 Å². The highest BCUT2D eigenvalue weighted by molar-refractivity contribution is 6.30. The highest BCUT2D eigenvalue weighted by atomic mass is 35.5. The lowest BCUT2D eigenvalue weighted by Gasteiger charge is -2.31. The quantitative estimate of drug-likeness (QED) is 0.610. The standard InChI is InChI=1S/C25H26ClN5O3/c1-16-2-4-17(5-3-16)22-14-31-21(15-34-22)23(28-29-31)25(33)30-12-10-18(11-13-30)24(32)27-20-8-6-19(26)7-9-20/h2-9,18,22H,10-15H2,1H3,(H,27,32). The Hall–Kier alpha value is -3.23. The van der Waals surface area contributed by atoms with Gasteiger partial charge in [0.25, 0.3) is 5.91 Å². The molecule has 1 saturated heterocycles. The largest absolute Gasteiger partial charge is 0.365 e. The molecule has 3 aromatic rings. The van der Waals surface area contributed by atoms with Gasteiger partial charge in [-0.1, -0.05) is 46.6 Å². The molecule has 1 N–H and O–H groups in total. The van der Waals surface area contributed by atoms with E-state index in [9.17, 15) is 9.59 Å². The molecule has 1 atom stereocenters. The average Bonchev–Trinajstić information content (AvgIpc) is 3.29. The minimum Gasteiger partial charge on any atom is -0.365 e. The van der Waals surface area contributed by atoms with Crippen LogP contribution in [0.3, 0.4) is 0 Å². The average molecular weight is 480 g/mol. The summed E-state index contributed by atoms with van der Waals surface area (Å²) in [5.41, 5.74) is 4.04. The van der Waals surface area contributed by atoms with Gasteiger partial charge in [-0.3, -0.25) is 9.59 Å². The van der Waals surface area contributed by atoms with E-state index in [2.05, 4.69) is 39.9 Å². The maximum absolute atomic E-state index is 13.2. The number of nitrogens with one attached hydrogen (secondary N) is 1. The van der Waals surface area contributed by atoms with Gasteiger partial charge in [-0.25, -0.2) is 4.68 Å². The normalized spacial score (nSPS) is 18.4. The van der Waals surface area contributed by atoms with Gasteiger partial charge in [0.1, 0.15) is 6.10 Å². The van der Waals surface area contributed by atoms with Crippen LogP contribution in [-0.4, -0.2) is 44.8 Å². The topological polar surface area (TPSA) is 89.4 Å². The van der Waals surface area contributed by atoms with Crippen LogP contribution in [0.15, 0.2) is 48.5 Å². The van der Waals surface area contributed by atoms with E-state index in [-0.39, 0.29) is 30.4 Å². The number of anilines is 1. The van der Waals surface area contributed by atoms with Gasteiger partial charge in [0.2, 0.25) is 5.91 Å². The first kappa shape index (κ1) is 22.6. The molecule has 2 aliphatic rings. The van der Waals surface area contributed by atoms with Crippen molar-refractivity contribution in [1.82, 2.24) is 19.9 Å². The zero-order chi connectivity index (χ0) is 23.7. The monoisotopic (exact) mass is 479 g/mol. The lowest BCUT2D eigenvalue weighted by Crippen LogP contribution is -2.42. The second-order valence-electron chi connectivity index (χ2n) is 8.84. The van der Waals surface area contributed by atoms with Gasteiger partial charge in [0.15, 0.2) is 5.69 Å². The molecular formula is C25H26ClN5O3. The van der Waals surface area contributed by atoms with Crippen molar-refractivity contribution in [3.63, 3.8) is 0 Å². The molecule has 1 fully saturated rings. The van der Waals surface area contributed by atoms with Gasteiger partial charge < -0.3 is 15.0 Å². The number of nitrogens with zero attached hydrogens (tertiary/aromatic N) is 4.